The van der Waals surface area contributed by atoms with E-state index >= 15 is 0 Å². The molecular formula is C16H24N4OS. The van der Waals surface area contributed by atoms with Crippen molar-refractivity contribution < 1.29 is 4.79 Å². The number of hydrogen-bond acceptors (Lipinski definition) is 4. The number of carbonyl (C=O) groups is 1. The monoisotopic (exact) mass is 320 g/mol. The van der Waals surface area contributed by atoms with Crippen LogP contribution in [0, 0.1) is 19.3 Å². The van der Waals surface area contributed by atoms with E-state index in [4.69, 9.17) is 0 Å². The van der Waals surface area contributed by atoms with Crippen LogP contribution >= 0.6 is 11.3 Å². The molecule has 22 heavy (non-hydrogen) atoms. The average molecular weight is 320 g/mol. The third-order valence-electron chi connectivity index (χ3n) is 3.55. The highest BCUT2D eigenvalue weighted by atomic mass is 32.1. The van der Waals surface area contributed by atoms with Crippen molar-refractivity contribution in [2.24, 2.45) is 5.41 Å². The van der Waals surface area contributed by atoms with Crippen LogP contribution in [-0.2, 0) is 4.79 Å². The first kappa shape index (κ1) is 16.7. The van der Waals surface area contributed by atoms with Gasteiger partial charge in [-0.1, -0.05) is 26.8 Å². The van der Waals surface area contributed by atoms with Crippen molar-refractivity contribution in [3.8, 4) is 0 Å². The van der Waals surface area contributed by atoms with Gasteiger partial charge in [0.1, 0.15) is 0 Å². The zero-order chi connectivity index (χ0) is 16.3. The van der Waals surface area contributed by atoms with Gasteiger partial charge in [0.2, 0.25) is 5.91 Å². The highest BCUT2D eigenvalue weighted by molar-refractivity contribution is 7.10. The fourth-order valence-corrected chi connectivity index (χ4v) is 3.45. The van der Waals surface area contributed by atoms with Crippen LogP contribution in [0.2, 0.25) is 0 Å². The van der Waals surface area contributed by atoms with Gasteiger partial charge in [0.25, 0.3) is 0 Å². The summed E-state index contributed by atoms with van der Waals surface area (Å²) in [5, 5.41) is 15.3. The average Bonchev–Trinajstić information content (AvgIpc) is 3.03. The van der Waals surface area contributed by atoms with Crippen molar-refractivity contribution in [3.63, 3.8) is 0 Å². The molecule has 2 aromatic heterocycles. The third-order valence-corrected chi connectivity index (χ3v) is 4.49. The number of carbonyl (C=O) groups excluding carboxylic acids is 1. The van der Waals surface area contributed by atoms with E-state index in [9.17, 15) is 4.79 Å². The summed E-state index contributed by atoms with van der Waals surface area (Å²) in [5.41, 5.74) is 2.48. The van der Waals surface area contributed by atoms with Crippen molar-refractivity contribution in [2.45, 2.75) is 40.7 Å². The number of anilines is 1. The first-order valence-corrected chi connectivity index (χ1v) is 8.25. The standard InChI is InChI=1S/C16H24N4OS/c1-10-14(11(2)20-19-10)18-13(21)9-17-15(16(3,4)5)12-7-6-8-22-12/h6-8,15,17H,9H2,1-5H3,(H,18,21)(H,19,20). The fraction of sp³-hybridized carbons (Fsp3) is 0.500. The Kier molecular flexibility index (Phi) is 5.03. The number of thiophene rings is 1. The Hall–Kier alpha value is -1.66. The Morgan fingerprint density at radius 1 is 1.41 bits per heavy atom. The van der Waals surface area contributed by atoms with Crippen molar-refractivity contribution in [3.05, 3.63) is 33.8 Å². The molecule has 2 aromatic rings. The molecule has 0 radical (unpaired) electrons. The van der Waals surface area contributed by atoms with Crippen LogP contribution in [-0.4, -0.2) is 22.6 Å². The molecule has 1 atom stereocenters. The summed E-state index contributed by atoms with van der Waals surface area (Å²) in [5.74, 6) is -0.0570. The van der Waals surface area contributed by atoms with Crippen LogP contribution in [0.25, 0.3) is 0 Å². The van der Waals surface area contributed by atoms with E-state index in [1.54, 1.807) is 11.3 Å². The zero-order valence-electron chi connectivity index (χ0n) is 13.8. The van der Waals surface area contributed by atoms with Gasteiger partial charge in [-0.3, -0.25) is 9.89 Å². The summed E-state index contributed by atoms with van der Waals surface area (Å²) < 4.78 is 0. The lowest BCUT2D eigenvalue weighted by Gasteiger charge is -2.30. The van der Waals surface area contributed by atoms with Gasteiger partial charge in [-0.05, 0) is 30.7 Å². The fourth-order valence-electron chi connectivity index (χ4n) is 2.40. The summed E-state index contributed by atoms with van der Waals surface area (Å²) in [6.45, 7) is 10.6. The summed E-state index contributed by atoms with van der Waals surface area (Å²) in [4.78, 5) is 13.5. The Balaban J connectivity index is 1.99. The number of rotatable bonds is 5. The minimum absolute atomic E-state index is 0.0343. The highest BCUT2D eigenvalue weighted by Gasteiger charge is 2.27. The molecule has 6 heteroatoms. The van der Waals surface area contributed by atoms with E-state index < -0.39 is 0 Å². The highest BCUT2D eigenvalue weighted by Crippen LogP contribution is 2.34. The van der Waals surface area contributed by atoms with Gasteiger partial charge in [-0.25, -0.2) is 0 Å². The SMILES string of the molecule is Cc1n[nH]c(C)c1NC(=O)CNC(c1cccs1)C(C)(C)C. The van der Waals surface area contributed by atoms with Gasteiger partial charge in [0.15, 0.2) is 0 Å². The first-order chi connectivity index (χ1) is 10.3. The van der Waals surface area contributed by atoms with E-state index in [-0.39, 0.29) is 23.9 Å². The molecular weight excluding hydrogens is 296 g/mol. The van der Waals surface area contributed by atoms with Crippen LogP contribution in [0.1, 0.15) is 43.1 Å². The molecule has 0 aliphatic rings. The van der Waals surface area contributed by atoms with E-state index in [0.29, 0.717) is 0 Å². The summed E-state index contributed by atoms with van der Waals surface area (Å²) >= 11 is 1.71. The lowest BCUT2D eigenvalue weighted by Crippen LogP contribution is -2.37. The second kappa shape index (κ2) is 6.62. The normalized spacial score (nSPS) is 13.1. The minimum Gasteiger partial charge on any atom is -0.322 e. The Morgan fingerprint density at radius 3 is 2.64 bits per heavy atom. The smallest absolute Gasteiger partial charge is 0.238 e. The molecule has 3 N–H and O–H groups in total. The predicted molar refractivity (Wildman–Crippen MR) is 91.2 cm³/mol. The maximum absolute atomic E-state index is 12.2. The number of aryl methyl sites for hydroxylation is 2. The molecule has 0 saturated carbocycles. The van der Waals surface area contributed by atoms with Crippen molar-refractivity contribution >= 4 is 22.9 Å². The molecule has 0 bridgehead atoms. The second-order valence-corrected chi connectivity index (χ2v) is 7.53. The van der Waals surface area contributed by atoms with Gasteiger partial charge in [0, 0.05) is 10.9 Å². The lowest BCUT2D eigenvalue weighted by atomic mass is 9.86. The molecule has 5 nitrogen and oxygen atoms in total. The van der Waals surface area contributed by atoms with Crippen molar-refractivity contribution in [1.82, 2.24) is 15.5 Å². The topological polar surface area (TPSA) is 69.8 Å². The maximum atomic E-state index is 12.2. The van der Waals surface area contributed by atoms with Crippen LogP contribution in [0.5, 0.6) is 0 Å². The zero-order valence-corrected chi connectivity index (χ0v) is 14.6. The van der Waals surface area contributed by atoms with Gasteiger partial charge in [-0.15, -0.1) is 11.3 Å². The van der Waals surface area contributed by atoms with Gasteiger partial charge in [0.05, 0.1) is 23.6 Å². The summed E-state index contributed by atoms with van der Waals surface area (Å²) in [7, 11) is 0. The Bertz CT molecular complexity index is 606. The molecule has 0 aliphatic carbocycles. The Labute approximate surface area is 135 Å². The maximum Gasteiger partial charge on any atom is 0.238 e. The molecule has 0 saturated heterocycles. The molecule has 2 rings (SSSR count). The quantitative estimate of drug-likeness (QED) is 0.791. The molecule has 1 amide bonds. The third kappa shape index (κ3) is 3.96. The van der Waals surface area contributed by atoms with Crippen molar-refractivity contribution in [1.29, 1.82) is 0 Å². The van der Waals surface area contributed by atoms with E-state index in [1.165, 1.54) is 4.88 Å². The second-order valence-electron chi connectivity index (χ2n) is 6.55. The van der Waals surface area contributed by atoms with E-state index in [0.717, 1.165) is 17.1 Å². The molecule has 1 unspecified atom stereocenters. The largest absolute Gasteiger partial charge is 0.322 e. The molecule has 0 spiro atoms. The number of aromatic nitrogens is 2. The summed E-state index contributed by atoms with van der Waals surface area (Å²) in [6.07, 6.45) is 0. The van der Waals surface area contributed by atoms with Gasteiger partial charge in [-0.2, -0.15) is 5.10 Å². The van der Waals surface area contributed by atoms with Crippen LogP contribution in [0.4, 0.5) is 5.69 Å². The molecule has 2 heterocycles. The van der Waals surface area contributed by atoms with Gasteiger partial charge >= 0.3 is 0 Å². The predicted octanol–water partition coefficient (Wildman–Crippen LogP) is 3.40. The number of hydrogen-bond donors (Lipinski definition) is 3. The lowest BCUT2D eigenvalue weighted by molar-refractivity contribution is -0.115. The number of H-pyrrole nitrogens is 1. The summed E-state index contributed by atoms with van der Waals surface area (Å²) in [6, 6.07) is 4.29. The first-order valence-electron chi connectivity index (χ1n) is 7.37. The molecule has 0 fully saturated rings. The number of aromatic amines is 1. The van der Waals surface area contributed by atoms with Crippen molar-refractivity contribution in [2.75, 3.05) is 11.9 Å². The van der Waals surface area contributed by atoms with E-state index in [2.05, 4.69) is 53.0 Å². The number of amides is 1. The van der Waals surface area contributed by atoms with Crippen LogP contribution in [0.15, 0.2) is 17.5 Å². The Morgan fingerprint density at radius 2 is 2.14 bits per heavy atom. The number of nitrogens with zero attached hydrogens (tertiary/aromatic N) is 1. The van der Waals surface area contributed by atoms with E-state index in [1.807, 2.05) is 19.9 Å². The molecule has 0 aromatic carbocycles. The van der Waals surface area contributed by atoms with Crippen LogP contribution < -0.4 is 10.6 Å². The van der Waals surface area contributed by atoms with Gasteiger partial charge < -0.3 is 10.6 Å². The van der Waals surface area contributed by atoms with Crippen LogP contribution in [0.3, 0.4) is 0 Å². The molecule has 120 valence electrons. The molecule has 0 aliphatic heterocycles. The number of nitrogens with one attached hydrogen (secondary N) is 3. The minimum atomic E-state index is -0.0570.